The van der Waals surface area contributed by atoms with E-state index in [0.29, 0.717) is 11.7 Å². The lowest BCUT2D eigenvalue weighted by Crippen LogP contribution is -2.34. The molecular formula is C15H21FN2O2. The first-order valence-electron chi connectivity index (χ1n) is 7.01. The topological polar surface area (TPSA) is 50.4 Å². The molecule has 0 bridgehead atoms. The molecule has 2 rings (SSSR count). The molecule has 1 aromatic rings. The maximum atomic E-state index is 13.0. The van der Waals surface area contributed by atoms with Gasteiger partial charge >= 0.3 is 0 Å². The van der Waals surface area contributed by atoms with Gasteiger partial charge in [-0.1, -0.05) is 6.07 Å². The summed E-state index contributed by atoms with van der Waals surface area (Å²) in [5, 5.41) is 5.88. The highest BCUT2D eigenvalue weighted by Crippen LogP contribution is 2.20. The van der Waals surface area contributed by atoms with Crippen LogP contribution >= 0.6 is 0 Å². The van der Waals surface area contributed by atoms with E-state index in [4.69, 9.17) is 4.74 Å². The number of carbonyl (C=O) groups excluding carboxylic acids is 1. The first kappa shape index (κ1) is 14.9. The Labute approximate surface area is 118 Å². The number of halogens is 1. The fourth-order valence-corrected chi connectivity index (χ4v) is 2.48. The third-order valence-electron chi connectivity index (χ3n) is 3.64. The monoisotopic (exact) mass is 280 g/mol. The van der Waals surface area contributed by atoms with Crippen LogP contribution in [0.25, 0.3) is 0 Å². The van der Waals surface area contributed by atoms with Crippen LogP contribution in [0.2, 0.25) is 0 Å². The Morgan fingerprint density at radius 2 is 2.10 bits per heavy atom. The Morgan fingerprint density at radius 1 is 1.35 bits per heavy atom. The van der Waals surface area contributed by atoms with Crippen molar-refractivity contribution in [2.24, 2.45) is 0 Å². The fourth-order valence-electron chi connectivity index (χ4n) is 2.48. The zero-order valence-electron chi connectivity index (χ0n) is 11.7. The number of benzene rings is 1. The predicted octanol–water partition coefficient (Wildman–Crippen LogP) is 2.31. The summed E-state index contributed by atoms with van der Waals surface area (Å²) in [6.45, 7) is 0.0192. The SMILES string of the molecule is CNC1CCC(OCC(=O)Nc2cccc(F)c2)CC1. The first-order chi connectivity index (χ1) is 9.67. The minimum absolute atomic E-state index is 0.0192. The van der Waals surface area contributed by atoms with Crippen LogP contribution in [0.4, 0.5) is 10.1 Å². The summed E-state index contributed by atoms with van der Waals surface area (Å²) < 4.78 is 18.6. The molecule has 2 N–H and O–H groups in total. The van der Waals surface area contributed by atoms with E-state index in [1.54, 1.807) is 12.1 Å². The zero-order chi connectivity index (χ0) is 14.4. The molecule has 1 amide bonds. The molecule has 0 aromatic heterocycles. The molecule has 5 heteroatoms. The van der Waals surface area contributed by atoms with Crippen LogP contribution in [0, 0.1) is 5.82 Å². The second kappa shape index (κ2) is 7.36. The molecule has 0 radical (unpaired) electrons. The molecule has 1 aromatic carbocycles. The van der Waals surface area contributed by atoms with E-state index >= 15 is 0 Å². The number of carbonyl (C=O) groups is 1. The van der Waals surface area contributed by atoms with Gasteiger partial charge in [-0.05, 0) is 50.9 Å². The molecule has 1 saturated carbocycles. The standard InChI is InChI=1S/C15H21FN2O2/c1-17-12-5-7-14(8-6-12)20-10-15(19)18-13-4-2-3-11(16)9-13/h2-4,9,12,14,17H,5-8,10H2,1H3,(H,18,19). The van der Waals surface area contributed by atoms with Crippen molar-refractivity contribution in [1.29, 1.82) is 0 Å². The van der Waals surface area contributed by atoms with Gasteiger partial charge in [-0.2, -0.15) is 0 Å². The molecular weight excluding hydrogens is 259 g/mol. The van der Waals surface area contributed by atoms with Crippen molar-refractivity contribution in [3.63, 3.8) is 0 Å². The third kappa shape index (κ3) is 4.58. The lowest BCUT2D eigenvalue weighted by atomic mass is 9.93. The average molecular weight is 280 g/mol. The molecule has 110 valence electrons. The van der Waals surface area contributed by atoms with Gasteiger partial charge in [-0.3, -0.25) is 4.79 Å². The largest absolute Gasteiger partial charge is 0.368 e. The van der Waals surface area contributed by atoms with Crippen LogP contribution in [0.15, 0.2) is 24.3 Å². The molecule has 1 aliphatic rings. The lowest BCUT2D eigenvalue weighted by molar-refractivity contribution is -0.123. The van der Waals surface area contributed by atoms with E-state index in [1.165, 1.54) is 12.1 Å². The normalized spacial score (nSPS) is 22.5. The van der Waals surface area contributed by atoms with Gasteiger partial charge in [-0.25, -0.2) is 4.39 Å². The summed E-state index contributed by atoms with van der Waals surface area (Å²) >= 11 is 0. The van der Waals surface area contributed by atoms with Crippen LogP contribution in [-0.4, -0.2) is 31.7 Å². The van der Waals surface area contributed by atoms with Gasteiger partial charge in [0.25, 0.3) is 0 Å². The molecule has 1 aliphatic carbocycles. The summed E-state index contributed by atoms with van der Waals surface area (Å²) in [5.74, 6) is -0.611. The van der Waals surface area contributed by atoms with Gasteiger partial charge in [0.05, 0.1) is 6.10 Å². The lowest BCUT2D eigenvalue weighted by Gasteiger charge is -2.28. The molecule has 1 fully saturated rings. The van der Waals surface area contributed by atoms with Gasteiger partial charge in [-0.15, -0.1) is 0 Å². The second-order valence-electron chi connectivity index (χ2n) is 5.13. The number of amides is 1. The van der Waals surface area contributed by atoms with Gasteiger partial charge in [0.1, 0.15) is 12.4 Å². The summed E-state index contributed by atoms with van der Waals surface area (Å²) in [6.07, 6.45) is 4.24. The molecule has 0 unspecified atom stereocenters. The molecule has 0 saturated heterocycles. The fraction of sp³-hybridized carbons (Fsp3) is 0.533. The maximum absolute atomic E-state index is 13.0. The summed E-state index contributed by atoms with van der Waals surface area (Å²) in [6, 6.07) is 6.41. The van der Waals surface area contributed by atoms with Crippen LogP contribution in [0.3, 0.4) is 0 Å². The Hall–Kier alpha value is -1.46. The minimum atomic E-state index is -0.367. The molecule has 0 spiro atoms. The molecule has 0 aliphatic heterocycles. The molecule has 4 nitrogen and oxygen atoms in total. The van der Waals surface area contributed by atoms with Crippen LogP contribution < -0.4 is 10.6 Å². The Bertz CT molecular complexity index is 445. The van der Waals surface area contributed by atoms with Crippen LogP contribution in [0.1, 0.15) is 25.7 Å². The van der Waals surface area contributed by atoms with E-state index in [1.807, 2.05) is 7.05 Å². The molecule has 20 heavy (non-hydrogen) atoms. The van der Waals surface area contributed by atoms with E-state index in [9.17, 15) is 9.18 Å². The Kier molecular flexibility index (Phi) is 5.49. The highest BCUT2D eigenvalue weighted by molar-refractivity contribution is 5.91. The van der Waals surface area contributed by atoms with Crippen molar-refractivity contribution in [2.45, 2.75) is 37.8 Å². The van der Waals surface area contributed by atoms with Gasteiger partial charge in [0.15, 0.2) is 0 Å². The number of anilines is 1. The third-order valence-corrected chi connectivity index (χ3v) is 3.64. The van der Waals surface area contributed by atoms with Gasteiger partial charge < -0.3 is 15.4 Å². The van der Waals surface area contributed by atoms with Crippen molar-refractivity contribution in [2.75, 3.05) is 19.0 Å². The zero-order valence-corrected chi connectivity index (χ0v) is 11.7. The predicted molar refractivity (Wildman–Crippen MR) is 76.1 cm³/mol. The van der Waals surface area contributed by atoms with Crippen LogP contribution in [-0.2, 0) is 9.53 Å². The summed E-state index contributed by atoms with van der Waals surface area (Å²) in [5.41, 5.74) is 0.456. The van der Waals surface area contributed by atoms with Gasteiger partial charge in [0, 0.05) is 11.7 Å². The number of hydrogen-bond acceptors (Lipinski definition) is 3. The van der Waals surface area contributed by atoms with Crippen molar-refractivity contribution < 1.29 is 13.9 Å². The van der Waals surface area contributed by atoms with Gasteiger partial charge in [0.2, 0.25) is 5.91 Å². The highest BCUT2D eigenvalue weighted by Gasteiger charge is 2.21. The van der Waals surface area contributed by atoms with E-state index in [0.717, 1.165) is 25.7 Å². The average Bonchev–Trinajstić information content (AvgIpc) is 2.46. The number of rotatable bonds is 5. The van der Waals surface area contributed by atoms with Crippen molar-refractivity contribution in [3.05, 3.63) is 30.1 Å². The van der Waals surface area contributed by atoms with Crippen LogP contribution in [0.5, 0.6) is 0 Å². The van der Waals surface area contributed by atoms with Crippen molar-refractivity contribution in [1.82, 2.24) is 5.32 Å². The maximum Gasteiger partial charge on any atom is 0.250 e. The number of hydrogen-bond donors (Lipinski definition) is 2. The van der Waals surface area contributed by atoms with Crippen molar-refractivity contribution in [3.8, 4) is 0 Å². The van der Waals surface area contributed by atoms with E-state index in [2.05, 4.69) is 10.6 Å². The minimum Gasteiger partial charge on any atom is -0.368 e. The number of nitrogens with one attached hydrogen (secondary N) is 2. The molecule has 0 heterocycles. The quantitative estimate of drug-likeness (QED) is 0.870. The number of ether oxygens (including phenoxy) is 1. The Morgan fingerprint density at radius 3 is 2.75 bits per heavy atom. The highest BCUT2D eigenvalue weighted by atomic mass is 19.1. The second-order valence-corrected chi connectivity index (χ2v) is 5.13. The summed E-state index contributed by atoms with van der Waals surface area (Å²) in [4.78, 5) is 11.7. The first-order valence-corrected chi connectivity index (χ1v) is 7.01. The van der Waals surface area contributed by atoms with E-state index < -0.39 is 0 Å². The smallest absolute Gasteiger partial charge is 0.250 e. The summed E-state index contributed by atoms with van der Waals surface area (Å²) in [7, 11) is 1.97. The van der Waals surface area contributed by atoms with E-state index in [-0.39, 0.29) is 24.4 Å². The molecule has 0 atom stereocenters. The van der Waals surface area contributed by atoms with Crippen molar-refractivity contribution >= 4 is 11.6 Å². The Balaban J connectivity index is 1.70.